The fourth-order valence-corrected chi connectivity index (χ4v) is 2.84. The third-order valence-electron chi connectivity index (χ3n) is 4.24. The van der Waals surface area contributed by atoms with Crippen molar-refractivity contribution in [1.82, 2.24) is 5.32 Å². The van der Waals surface area contributed by atoms with Crippen molar-refractivity contribution in [2.45, 2.75) is 0 Å². The summed E-state index contributed by atoms with van der Waals surface area (Å²) in [5.74, 6) is 1.90. The Morgan fingerprint density at radius 2 is 1.71 bits per heavy atom. The number of carbonyl (C=O) groups is 1. The lowest BCUT2D eigenvalue weighted by Crippen LogP contribution is -2.26. The summed E-state index contributed by atoms with van der Waals surface area (Å²) < 4.78 is 16.3. The number of benzene rings is 3. The molecule has 3 aromatic rings. The van der Waals surface area contributed by atoms with Crippen LogP contribution in [0.4, 0.5) is 0 Å². The van der Waals surface area contributed by atoms with Gasteiger partial charge in [0.05, 0.1) is 20.8 Å². The minimum Gasteiger partial charge on any atom is -0.493 e. The molecule has 1 N–H and O–H groups in total. The lowest BCUT2D eigenvalue weighted by Gasteiger charge is -2.09. The van der Waals surface area contributed by atoms with Crippen LogP contribution in [-0.4, -0.2) is 33.3 Å². The van der Waals surface area contributed by atoms with Crippen LogP contribution in [0, 0.1) is 0 Å². The molecule has 0 radical (unpaired) electrons. The summed E-state index contributed by atoms with van der Waals surface area (Å²) in [6.45, 7) is 0.808. The maximum Gasteiger partial charge on any atom is 0.244 e. The van der Waals surface area contributed by atoms with E-state index < -0.39 is 0 Å². The van der Waals surface area contributed by atoms with Crippen LogP contribution in [0.25, 0.3) is 16.8 Å². The van der Waals surface area contributed by atoms with Gasteiger partial charge in [-0.05, 0) is 35.2 Å². The van der Waals surface area contributed by atoms with Gasteiger partial charge in [-0.3, -0.25) is 4.79 Å². The highest BCUT2D eigenvalue weighted by atomic mass is 16.5. The zero-order valence-electron chi connectivity index (χ0n) is 16.0. The molecule has 0 aromatic heterocycles. The maximum absolute atomic E-state index is 12.0. The molecular weight excluding hydrogens is 354 g/mol. The van der Waals surface area contributed by atoms with Crippen molar-refractivity contribution >= 4 is 22.8 Å². The molecule has 0 aliphatic rings. The molecule has 0 saturated carbocycles. The molecule has 144 valence electrons. The van der Waals surface area contributed by atoms with Crippen molar-refractivity contribution < 1.29 is 19.0 Å². The summed E-state index contributed by atoms with van der Waals surface area (Å²) in [6.07, 6.45) is 3.21. The molecule has 0 fully saturated rings. The summed E-state index contributed by atoms with van der Waals surface area (Å²) in [6, 6.07) is 19.5. The normalized spacial score (nSPS) is 10.8. The van der Waals surface area contributed by atoms with Gasteiger partial charge in [-0.25, -0.2) is 0 Å². The summed E-state index contributed by atoms with van der Waals surface area (Å²) in [5.41, 5.74) is 0.847. The number of hydrogen-bond acceptors (Lipinski definition) is 4. The molecule has 0 bridgehead atoms. The van der Waals surface area contributed by atoms with Crippen molar-refractivity contribution in [2.75, 3.05) is 27.4 Å². The van der Waals surface area contributed by atoms with E-state index >= 15 is 0 Å². The number of fused-ring (bicyclic) bond motifs is 1. The van der Waals surface area contributed by atoms with Crippen LogP contribution in [0.5, 0.6) is 17.2 Å². The van der Waals surface area contributed by atoms with E-state index in [1.807, 2.05) is 54.6 Å². The van der Waals surface area contributed by atoms with Crippen molar-refractivity contribution in [1.29, 1.82) is 0 Å². The molecule has 0 heterocycles. The Kier molecular flexibility index (Phi) is 6.52. The van der Waals surface area contributed by atoms with Gasteiger partial charge >= 0.3 is 0 Å². The Labute approximate surface area is 164 Å². The average Bonchev–Trinajstić information content (AvgIpc) is 2.75. The van der Waals surface area contributed by atoms with Crippen molar-refractivity contribution in [3.8, 4) is 17.2 Å². The van der Waals surface area contributed by atoms with Gasteiger partial charge in [0.15, 0.2) is 11.5 Å². The fraction of sp³-hybridized carbons (Fsp3) is 0.174. The van der Waals surface area contributed by atoms with E-state index in [0.29, 0.717) is 24.7 Å². The molecule has 0 saturated heterocycles. The third-order valence-corrected chi connectivity index (χ3v) is 4.24. The van der Waals surface area contributed by atoms with Gasteiger partial charge in [0.2, 0.25) is 5.91 Å². The zero-order valence-corrected chi connectivity index (χ0v) is 16.0. The largest absolute Gasteiger partial charge is 0.493 e. The predicted octanol–water partition coefficient (Wildman–Crippen LogP) is 4.07. The molecule has 0 spiro atoms. The summed E-state index contributed by atoms with van der Waals surface area (Å²) in [4.78, 5) is 12.0. The average molecular weight is 377 g/mol. The standard InChI is InChI=1S/C23H23NO4/c1-26-21-12-10-17(16-22(21)27-2)11-13-23(25)24-14-15-28-20-9-5-7-18-6-3-4-8-19(18)20/h3-13,16H,14-15H2,1-2H3,(H,24,25)/b13-11+. The van der Waals surface area contributed by atoms with Crippen LogP contribution in [0.1, 0.15) is 5.56 Å². The number of hydrogen-bond donors (Lipinski definition) is 1. The van der Waals surface area contributed by atoms with E-state index in [9.17, 15) is 4.79 Å². The van der Waals surface area contributed by atoms with Gasteiger partial charge in [-0.15, -0.1) is 0 Å². The van der Waals surface area contributed by atoms with Gasteiger partial charge < -0.3 is 19.5 Å². The van der Waals surface area contributed by atoms with Gasteiger partial charge in [-0.2, -0.15) is 0 Å². The number of carbonyl (C=O) groups excluding carboxylic acids is 1. The second-order valence-corrected chi connectivity index (χ2v) is 6.06. The molecule has 0 aliphatic carbocycles. The van der Waals surface area contributed by atoms with Crippen LogP contribution in [0.15, 0.2) is 66.7 Å². The molecule has 5 nitrogen and oxygen atoms in total. The number of nitrogens with one attached hydrogen (secondary N) is 1. The minimum atomic E-state index is -0.184. The first kappa shape index (κ1) is 19.3. The highest BCUT2D eigenvalue weighted by molar-refractivity contribution is 5.91. The Hall–Kier alpha value is -3.47. The topological polar surface area (TPSA) is 56.8 Å². The monoisotopic (exact) mass is 377 g/mol. The second kappa shape index (κ2) is 9.46. The van der Waals surface area contributed by atoms with Gasteiger partial charge in [0.1, 0.15) is 12.4 Å². The Balaban J connectivity index is 1.50. The molecule has 3 rings (SSSR count). The number of methoxy groups -OCH3 is 2. The molecule has 0 atom stereocenters. The van der Waals surface area contributed by atoms with Crippen LogP contribution < -0.4 is 19.5 Å². The first-order chi connectivity index (χ1) is 13.7. The number of amides is 1. The summed E-state index contributed by atoms with van der Waals surface area (Å²) >= 11 is 0. The Bertz CT molecular complexity index is 976. The van der Waals surface area contributed by atoms with Crippen LogP contribution in [-0.2, 0) is 4.79 Å². The Morgan fingerprint density at radius 1 is 0.929 bits per heavy atom. The summed E-state index contributed by atoms with van der Waals surface area (Å²) in [7, 11) is 3.16. The van der Waals surface area contributed by atoms with Gasteiger partial charge in [-0.1, -0.05) is 42.5 Å². The smallest absolute Gasteiger partial charge is 0.244 e. The molecule has 3 aromatic carbocycles. The quantitative estimate of drug-likeness (QED) is 0.475. The number of rotatable bonds is 8. The molecule has 0 unspecified atom stereocenters. The van der Waals surface area contributed by atoms with Crippen LogP contribution in [0.3, 0.4) is 0 Å². The van der Waals surface area contributed by atoms with Gasteiger partial charge in [0.25, 0.3) is 0 Å². The van der Waals surface area contributed by atoms with Crippen molar-refractivity contribution in [3.63, 3.8) is 0 Å². The maximum atomic E-state index is 12.0. The zero-order chi connectivity index (χ0) is 19.8. The van der Waals surface area contributed by atoms with Gasteiger partial charge in [0, 0.05) is 11.5 Å². The summed E-state index contributed by atoms with van der Waals surface area (Å²) in [5, 5.41) is 5.00. The minimum absolute atomic E-state index is 0.184. The SMILES string of the molecule is COc1ccc(/C=C/C(=O)NCCOc2cccc3ccccc23)cc1OC. The van der Waals surface area contributed by atoms with E-state index in [0.717, 1.165) is 22.1 Å². The highest BCUT2D eigenvalue weighted by Crippen LogP contribution is 2.28. The van der Waals surface area contributed by atoms with E-state index in [4.69, 9.17) is 14.2 Å². The van der Waals surface area contributed by atoms with E-state index in [2.05, 4.69) is 5.32 Å². The molecule has 28 heavy (non-hydrogen) atoms. The lowest BCUT2D eigenvalue weighted by atomic mass is 10.1. The predicted molar refractivity (Wildman–Crippen MR) is 111 cm³/mol. The molecular formula is C23H23NO4. The first-order valence-electron chi connectivity index (χ1n) is 9.00. The number of ether oxygens (including phenoxy) is 3. The van der Waals surface area contributed by atoms with Crippen molar-refractivity contribution in [3.05, 3.63) is 72.3 Å². The first-order valence-corrected chi connectivity index (χ1v) is 9.00. The van der Waals surface area contributed by atoms with Crippen LogP contribution >= 0.6 is 0 Å². The van der Waals surface area contributed by atoms with E-state index in [1.165, 1.54) is 6.08 Å². The van der Waals surface area contributed by atoms with E-state index in [1.54, 1.807) is 26.4 Å². The third kappa shape index (κ3) is 4.82. The van der Waals surface area contributed by atoms with Crippen molar-refractivity contribution in [2.24, 2.45) is 0 Å². The molecule has 0 aliphatic heterocycles. The molecule has 1 amide bonds. The van der Waals surface area contributed by atoms with Crippen LogP contribution in [0.2, 0.25) is 0 Å². The second-order valence-electron chi connectivity index (χ2n) is 6.06. The fourth-order valence-electron chi connectivity index (χ4n) is 2.84. The molecule has 5 heteroatoms. The van der Waals surface area contributed by atoms with E-state index in [-0.39, 0.29) is 5.91 Å². The highest BCUT2D eigenvalue weighted by Gasteiger charge is 2.04. The Morgan fingerprint density at radius 3 is 2.54 bits per heavy atom. The lowest BCUT2D eigenvalue weighted by molar-refractivity contribution is -0.116.